The Balaban J connectivity index is 2.51. The third kappa shape index (κ3) is 2.21. The van der Waals surface area contributed by atoms with Crippen LogP contribution in [0.1, 0.15) is 11.7 Å². The van der Waals surface area contributed by atoms with Gasteiger partial charge in [0.25, 0.3) is 0 Å². The van der Waals surface area contributed by atoms with Crippen LogP contribution >= 0.6 is 0 Å². The van der Waals surface area contributed by atoms with Crippen LogP contribution < -0.4 is 5.43 Å². The summed E-state index contributed by atoms with van der Waals surface area (Å²) >= 11 is 0. The topological polar surface area (TPSA) is 90.9 Å². The van der Waals surface area contributed by atoms with E-state index in [9.17, 15) is 15.0 Å². The van der Waals surface area contributed by atoms with Crippen LogP contribution in [0.5, 0.6) is 0 Å². The summed E-state index contributed by atoms with van der Waals surface area (Å²) in [6, 6.07) is 5.81. The number of rotatable bonds is 3. The van der Waals surface area contributed by atoms with Crippen molar-refractivity contribution in [3.63, 3.8) is 0 Å². The van der Waals surface area contributed by atoms with Crippen molar-refractivity contribution in [1.82, 2.24) is 0 Å². The zero-order valence-electron chi connectivity index (χ0n) is 8.91. The lowest BCUT2D eigenvalue weighted by atomic mass is 10.0. The Bertz CT molecular complexity index is 574. The van der Waals surface area contributed by atoms with Crippen molar-refractivity contribution in [3.8, 4) is 0 Å². The fourth-order valence-corrected chi connectivity index (χ4v) is 1.61. The molecule has 2 rings (SSSR count). The second-order valence-electron chi connectivity index (χ2n) is 3.74. The summed E-state index contributed by atoms with van der Waals surface area (Å²) in [5.41, 5.74) is 0.545. The molecule has 0 aliphatic rings. The highest BCUT2D eigenvalue weighted by Gasteiger charge is 2.18. The molecule has 0 spiro atoms. The zero-order valence-corrected chi connectivity index (χ0v) is 8.91. The minimum absolute atomic E-state index is 0.223. The van der Waals surface area contributed by atoms with Gasteiger partial charge in [-0.05, 0) is 17.7 Å². The SMILES string of the molecule is O=c1ccoc2ccc(C(O)C(O)CO)cc12. The van der Waals surface area contributed by atoms with Crippen molar-refractivity contribution in [2.45, 2.75) is 12.2 Å². The van der Waals surface area contributed by atoms with Crippen LogP contribution in [0.3, 0.4) is 0 Å². The molecule has 0 bridgehead atoms. The van der Waals surface area contributed by atoms with Gasteiger partial charge < -0.3 is 19.7 Å². The highest BCUT2D eigenvalue weighted by molar-refractivity contribution is 5.76. The fraction of sp³-hybridized carbons (Fsp3) is 0.250. The minimum Gasteiger partial charge on any atom is -0.464 e. The van der Waals surface area contributed by atoms with E-state index in [1.165, 1.54) is 24.5 Å². The summed E-state index contributed by atoms with van der Waals surface area (Å²) in [5.74, 6) is 0. The lowest BCUT2D eigenvalue weighted by Crippen LogP contribution is -2.22. The van der Waals surface area contributed by atoms with Gasteiger partial charge in [-0.3, -0.25) is 4.79 Å². The quantitative estimate of drug-likeness (QED) is 0.707. The summed E-state index contributed by atoms with van der Waals surface area (Å²) in [4.78, 5) is 11.5. The normalized spacial score (nSPS) is 14.8. The van der Waals surface area contributed by atoms with E-state index in [1.807, 2.05) is 0 Å². The Kier molecular flexibility index (Phi) is 3.23. The second kappa shape index (κ2) is 4.67. The number of aliphatic hydroxyl groups is 3. The summed E-state index contributed by atoms with van der Waals surface area (Å²) in [6.45, 7) is -0.553. The fourth-order valence-electron chi connectivity index (χ4n) is 1.61. The van der Waals surface area contributed by atoms with Crippen molar-refractivity contribution >= 4 is 11.0 Å². The minimum atomic E-state index is -1.27. The van der Waals surface area contributed by atoms with E-state index >= 15 is 0 Å². The summed E-state index contributed by atoms with van der Waals surface area (Å²) in [6.07, 6.45) is -1.21. The monoisotopic (exact) mass is 236 g/mol. The van der Waals surface area contributed by atoms with Gasteiger partial charge in [0.1, 0.15) is 17.8 Å². The molecule has 3 N–H and O–H groups in total. The second-order valence-corrected chi connectivity index (χ2v) is 3.74. The molecule has 0 saturated heterocycles. The third-order valence-corrected chi connectivity index (χ3v) is 2.58. The molecule has 0 saturated carbocycles. The lowest BCUT2D eigenvalue weighted by molar-refractivity contribution is -0.0152. The molecule has 2 atom stereocenters. The van der Waals surface area contributed by atoms with Crippen LogP contribution in [0.2, 0.25) is 0 Å². The molecule has 1 heterocycles. The number of fused-ring (bicyclic) bond motifs is 1. The average Bonchev–Trinajstić information content (AvgIpc) is 2.37. The van der Waals surface area contributed by atoms with Crippen molar-refractivity contribution in [1.29, 1.82) is 0 Å². The zero-order chi connectivity index (χ0) is 12.4. The van der Waals surface area contributed by atoms with E-state index in [4.69, 9.17) is 9.52 Å². The predicted octanol–water partition coefficient (Wildman–Crippen LogP) is 0.180. The standard InChI is InChI=1S/C12H12O5/c13-6-10(15)12(16)7-1-2-11-8(5-7)9(14)3-4-17-11/h1-5,10,12-13,15-16H,6H2. The first-order valence-corrected chi connectivity index (χ1v) is 5.12. The Morgan fingerprint density at radius 3 is 2.71 bits per heavy atom. The van der Waals surface area contributed by atoms with Crippen molar-refractivity contribution < 1.29 is 19.7 Å². The van der Waals surface area contributed by atoms with Gasteiger partial charge in [-0.2, -0.15) is 0 Å². The molecular formula is C12H12O5. The van der Waals surface area contributed by atoms with E-state index in [0.29, 0.717) is 16.5 Å². The van der Waals surface area contributed by atoms with Gasteiger partial charge >= 0.3 is 0 Å². The van der Waals surface area contributed by atoms with E-state index < -0.39 is 18.8 Å². The Morgan fingerprint density at radius 1 is 1.24 bits per heavy atom. The van der Waals surface area contributed by atoms with Crippen LogP contribution in [-0.4, -0.2) is 28.0 Å². The van der Waals surface area contributed by atoms with Crippen LogP contribution in [0, 0.1) is 0 Å². The molecule has 1 aromatic heterocycles. The summed E-state index contributed by atoms with van der Waals surface area (Å²) in [5, 5.41) is 28.1. The maximum absolute atomic E-state index is 11.5. The molecule has 2 aromatic rings. The van der Waals surface area contributed by atoms with Gasteiger partial charge in [-0.15, -0.1) is 0 Å². The molecule has 1 aromatic carbocycles. The van der Waals surface area contributed by atoms with Crippen molar-refractivity contribution in [2.24, 2.45) is 0 Å². The Labute approximate surface area is 96.6 Å². The smallest absolute Gasteiger partial charge is 0.192 e. The van der Waals surface area contributed by atoms with Crippen molar-refractivity contribution in [2.75, 3.05) is 6.61 Å². The maximum Gasteiger partial charge on any atom is 0.192 e. The van der Waals surface area contributed by atoms with E-state index in [-0.39, 0.29) is 5.43 Å². The molecule has 0 fully saturated rings. The molecule has 17 heavy (non-hydrogen) atoms. The summed E-state index contributed by atoms with van der Waals surface area (Å²) in [7, 11) is 0. The van der Waals surface area contributed by atoms with Gasteiger partial charge in [0, 0.05) is 6.07 Å². The van der Waals surface area contributed by atoms with Gasteiger partial charge in [0.05, 0.1) is 18.3 Å². The molecule has 0 aliphatic carbocycles. The van der Waals surface area contributed by atoms with Crippen LogP contribution in [0.25, 0.3) is 11.0 Å². The molecule has 5 nitrogen and oxygen atoms in total. The number of aliphatic hydroxyl groups excluding tert-OH is 3. The average molecular weight is 236 g/mol. The molecule has 0 aliphatic heterocycles. The number of hydrogen-bond acceptors (Lipinski definition) is 5. The number of benzene rings is 1. The van der Waals surface area contributed by atoms with Crippen LogP contribution in [0.4, 0.5) is 0 Å². The van der Waals surface area contributed by atoms with Crippen LogP contribution in [-0.2, 0) is 0 Å². The van der Waals surface area contributed by atoms with E-state index in [2.05, 4.69) is 0 Å². The lowest BCUT2D eigenvalue weighted by Gasteiger charge is -2.15. The van der Waals surface area contributed by atoms with Gasteiger partial charge in [-0.25, -0.2) is 0 Å². The van der Waals surface area contributed by atoms with Crippen molar-refractivity contribution in [3.05, 3.63) is 46.3 Å². The van der Waals surface area contributed by atoms with E-state index in [1.54, 1.807) is 6.07 Å². The van der Waals surface area contributed by atoms with Gasteiger partial charge in [0.15, 0.2) is 5.43 Å². The van der Waals surface area contributed by atoms with Gasteiger partial charge in [0.2, 0.25) is 0 Å². The molecule has 90 valence electrons. The van der Waals surface area contributed by atoms with Gasteiger partial charge in [-0.1, -0.05) is 6.07 Å². The highest BCUT2D eigenvalue weighted by atomic mass is 16.4. The maximum atomic E-state index is 11.5. The molecule has 0 radical (unpaired) electrons. The molecule has 5 heteroatoms. The Hall–Kier alpha value is -1.69. The predicted molar refractivity (Wildman–Crippen MR) is 60.5 cm³/mol. The summed E-state index contributed by atoms with van der Waals surface area (Å²) < 4.78 is 5.12. The molecule has 0 amide bonds. The first-order chi connectivity index (χ1) is 8.13. The largest absolute Gasteiger partial charge is 0.464 e. The van der Waals surface area contributed by atoms with Crippen LogP contribution in [0.15, 0.2) is 39.7 Å². The van der Waals surface area contributed by atoms with E-state index in [0.717, 1.165) is 0 Å². The Morgan fingerprint density at radius 2 is 2.00 bits per heavy atom. The third-order valence-electron chi connectivity index (χ3n) is 2.58. The number of hydrogen-bond donors (Lipinski definition) is 3. The first kappa shape index (κ1) is 11.8. The first-order valence-electron chi connectivity index (χ1n) is 5.12. The molecule has 2 unspecified atom stereocenters. The highest BCUT2D eigenvalue weighted by Crippen LogP contribution is 2.20. The molecular weight excluding hydrogens is 224 g/mol.